The van der Waals surface area contributed by atoms with Crippen LogP contribution >= 0.6 is 0 Å². The summed E-state index contributed by atoms with van der Waals surface area (Å²) in [4.78, 5) is 14.3. The average molecular weight is 319 g/mol. The van der Waals surface area contributed by atoms with Gasteiger partial charge in [-0.1, -0.05) is 26.0 Å². The highest BCUT2D eigenvalue weighted by Gasteiger charge is 2.16. The zero-order chi connectivity index (χ0) is 17.4. The van der Waals surface area contributed by atoms with Crippen molar-refractivity contribution >= 4 is 5.91 Å². The van der Waals surface area contributed by atoms with Gasteiger partial charge in [-0.25, -0.2) is 0 Å². The van der Waals surface area contributed by atoms with Gasteiger partial charge in [-0.3, -0.25) is 4.79 Å². The maximum absolute atomic E-state index is 12.6. The summed E-state index contributed by atoms with van der Waals surface area (Å²) < 4.78 is 11.1. The Labute approximate surface area is 140 Å². The SMILES string of the molecule is C=C(C)CN(CC)C(=O)c1ccc(OCCC(C)C)c(OC)c1. The normalized spacial score (nSPS) is 10.5. The van der Waals surface area contributed by atoms with Gasteiger partial charge in [0, 0.05) is 18.7 Å². The molecule has 0 unspecified atom stereocenters. The summed E-state index contributed by atoms with van der Waals surface area (Å²) in [5, 5.41) is 0. The molecule has 0 bridgehead atoms. The number of benzene rings is 1. The van der Waals surface area contributed by atoms with Gasteiger partial charge in [0.05, 0.1) is 13.7 Å². The van der Waals surface area contributed by atoms with E-state index in [1.54, 1.807) is 30.2 Å². The molecule has 0 aliphatic heterocycles. The second kappa shape index (κ2) is 9.23. The number of nitrogens with zero attached hydrogens (tertiary/aromatic N) is 1. The molecule has 1 aromatic rings. The number of rotatable bonds is 9. The Balaban J connectivity index is 2.88. The molecular formula is C19H29NO3. The number of carbonyl (C=O) groups is 1. The third-order valence-corrected chi connectivity index (χ3v) is 3.49. The Morgan fingerprint density at radius 2 is 2.00 bits per heavy atom. The van der Waals surface area contributed by atoms with Gasteiger partial charge in [0.1, 0.15) is 0 Å². The summed E-state index contributed by atoms with van der Waals surface area (Å²) in [5.41, 5.74) is 1.56. The van der Waals surface area contributed by atoms with Gasteiger partial charge >= 0.3 is 0 Å². The fourth-order valence-corrected chi connectivity index (χ4v) is 2.16. The van der Waals surface area contributed by atoms with E-state index < -0.39 is 0 Å². The van der Waals surface area contributed by atoms with Gasteiger partial charge < -0.3 is 14.4 Å². The van der Waals surface area contributed by atoms with Gasteiger partial charge in [-0.15, -0.1) is 0 Å². The van der Waals surface area contributed by atoms with E-state index in [9.17, 15) is 4.79 Å². The molecule has 0 spiro atoms. The van der Waals surface area contributed by atoms with Gasteiger partial charge in [0.15, 0.2) is 11.5 Å². The van der Waals surface area contributed by atoms with Crippen molar-refractivity contribution in [2.75, 3.05) is 26.8 Å². The second-order valence-electron chi connectivity index (χ2n) is 6.17. The van der Waals surface area contributed by atoms with Crippen LogP contribution in [0.15, 0.2) is 30.4 Å². The minimum Gasteiger partial charge on any atom is -0.493 e. The number of likely N-dealkylation sites (N-methyl/N-ethyl adjacent to an activating group) is 1. The molecule has 0 fully saturated rings. The maximum Gasteiger partial charge on any atom is 0.254 e. The number of amides is 1. The van der Waals surface area contributed by atoms with E-state index in [4.69, 9.17) is 9.47 Å². The molecule has 128 valence electrons. The van der Waals surface area contributed by atoms with Crippen LogP contribution in [-0.4, -0.2) is 37.6 Å². The molecular weight excluding hydrogens is 290 g/mol. The van der Waals surface area contributed by atoms with E-state index in [0.29, 0.717) is 42.7 Å². The Morgan fingerprint density at radius 1 is 1.30 bits per heavy atom. The van der Waals surface area contributed by atoms with Crippen molar-refractivity contribution in [3.63, 3.8) is 0 Å². The molecule has 0 aliphatic carbocycles. The van der Waals surface area contributed by atoms with Crippen LogP contribution in [0.4, 0.5) is 0 Å². The number of hydrogen-bond acceptors (Lipinski definition) is 3. The molecule has 0 atom stereocenters. The van der Waals surface area contributed by atoms with Gasteiger partial charge in [-0.05, 0) is 44.4 Å². The number of methoxy groups -OCH3 is 1. The maximum atomic E-state index is 12.6. The largest absolute Gasteiger partial charge is 0.493 e. The Hall–Kier alpha value is -1.97. The lowest BCUT2D eigenvalue weighted by Gasteiger charge is -2.21. The summed E-state index contributed by atoms with van der Waals surface area (Å²) in [6, 6.07) is 5.34. The second-order valence-corrected chi connectivity index (χ2v) is 6.17. The molecule has 0 aromatic heterocycles. The summed E-state index contributed by atoms with van der Waals surface area (Å²) in [6.45, 7) is 13.9. The summed E-state index contributed by atoms with van der Waals surface area (Å²) in [5.74, 6) is 1.82. The molecule has 0 heterocycles. The fraction of sp³-hybridized carbons (Fsp3) is 0.526. The number of hydrogen-bond donors (Lipinski definition) is 0. The zero-order valence-corrected chi connectivity index (χ0v) is 15.0. The summed E-state index contributed by atoms with van der Waals surface area (Å²) in [6.07, 6.45) is 0.978. The first-order valence-corrected chi connectivity index (χ1v) is 8.13. The third-order valence-electron chi connectivity index (χ3n) is 3.49. The lowest BCUT2D eigenvalue weighted by molar-refractivity contribution is 0.0778. The standard InChI is InChI=1S/C19H29NO3/c1-7-20(13-15(4)5)19(21)16-8-9-17(18(12-16)22-6)23-11-10-14(2)3/h8-9,12,14H,4,7,10-11,13H2,1-3,5-6H3. The monoisotopic (exact) mass is 319 g/mol. The molecule has 0 aliphatic rings. The van der Waals surface area contributed by atoms with Crippen LogP contribution in [0.25, 0.3) is 0 Å². The van der Waals surface area contributed by atoms with Crippen molar-refractivity contribution in [2.45, 2.75) is 34.1 Å². The highest BCUT2D eigenvalue weighted by molar-refractivity contribution is 5.95. The van der Waals surface area contributed by atoms with E-state index in [1.165, 1.54) is 0 Å². The molecule has 0 saturated heterocycles. The van der Waals surface area contributed by atoms with Crippen molar-refractivity contribution in [1.29, 1.82) is 0 Å². The molecule has 1 rings (SSSR count). The van der Waals surface area contributed by atoms with E-state index in [1.807, 2.05) is 13.8 Å². The van der Waals surface area contributed by atoms with Gasteiger partial charge in [0.2, 0.25) is 0 Å². The Morgan fingerprint density at radius 3 is 2.52 bits per heavy atom. The van der Waals surface area contributed by atoms with E-state index in [-0.39, 0.29) is 5.91 Å². The molecule has 4 nitrogen and oxygen atoms in total. The van der Waals surface area contributed by atoms with Crippen molar-refractivity contribution in [1.82, 2.24) is 4.90 Å². The van der Waals surface area contributed by atoms with Crippen LogP contribution in [0.3, 0.4) is 0 Å². The lowest BCUT2D eigenvalue weighted by Crippen LogP contribution is -2.32. The van der Waals surface area contributed by atoms with Crippen LogP contribution in [0, 0.1) is 5.92 Å². The van der Waals surface area contributed by atoms with Crippen molar-refractivity contribution in [3.8, 4) is 11.5 Å². The van der Waals surface area contributed by atoms with Crippen LogP contribution in [0.1, 0.15) is 44.5 Å². The number of carbonyl (C=O) groups excluding carboxylic acids is 1. The smallest absolute Gasteiger partial charge is 0.254 e. The van der Waals surface area contributed by atoms with E-state index >= 15 is 0 Å². The first-order chi connectivity index (χ1) is 10.9. The topological polar surface area (TPSA) is 38.8 Å². The van der Waals surface area contributed by atoms with Crippen molar-refractivity contribution in [3.05, 3.63) is 35.9 Å². The molecule has 0 radical (unpaired) electrons. The molecule has 1 aromatic carbocycles. The van der Waals surface area contributed by atoms with Crippen LogP contribution < -0.4 is 9.47 Å². The third kappa shape index (κ3) is 5.97. The molecule has 0 saturated carbocycles. The Kier molecular flexibility index (Phi) is 7.66. The highest BCUT2D eigenvalue weighted by Crippen LogP contribution is 2.29. The predicted octanol–water partition coefficient (Wildman–Crippen LogP) is 4.16. The Bertz CT molecular complexity index is 537. The quantitative estimate of drug-likeness (QED) is 0.642. The zero-order valence-electron chi connectivity index (χ0n) is 15.0. The first-order valence-electron chi connectivity index (χ1n) is 8.13. The minimum absolute atomic E-state index is 0.0254. The van der Waals surface area contributed by atoms with Crippen LogP contribution in [0.2, 0.25) is 0 Å². The van der Waals surface area contributed by atoms with Crippen LogP contribution in [0.5, 0.6) is 11.5 Å². The summed E-state index contributed by atoms with van der Waals surface area (Å²) in [7, 11) is 1.59. The van der Waals surface area contributed by atoms with Gasteiger partial charge in [-0.2, -0.15) is 0 Å². The van der Waals surface area contributed by atoms with Crippen molar-refractivity contribution in [2.24, 2.45) is 5.92 Å². The molecule has 4 heteroatoms. The molecule has 23 heavy (non-hydrogen) atoms. The lowest BCUT2D eigenvalue weighted by atomic mass is 10.1. The fourth-order valence-electron chi connectivity index (χ4n) is 2.16. The average Bonchev–Trinajstić information content (AvgIpc) is 2.51. The minimum atomic E-state index is -0.0254. The molecule has 1 amide bonds. The first kappa shape index (κ1) is 19.1. The predicted molar refractivity (Wildman–Crippen MR) is 94.3 cm³/mol. The van der Waals surface area contributed by atoms with E-state index in [2.05, 4.69) is 20.4 Å². The summed E-state index contributed by atoms with van der Waals surface area (Å²) >= 11 is 0. The van der Waals surface area contributed by atoms with E-state index in [0.717, 1.165) is 12.0 Å². The van der Waals surface area contributed by atoms with Crippen molar-refractivity contribution < 1.29 is 14.3 Å². The highest BCUT2D eigenvalue weighted by atomic mass is 16.5. The molecule has 0 N–H and O–H groups in total. The number of ether oxygens (including phenoxy) is 2. The van der Waals surface area contributed by atoms with Crippen LogP contribution in [-0.2, 0) is 0 Å². The van der Waals surface area contributed by atoms with Gasteiger partial charge in [0.25, 0.3) is 5.91 Å².